The molecule has 0 bridgehead atoms. The maximum absolute atomic E-state index is 6.28. The van der Waals surface area contributed by atoms with Crippen LogP contribution in [-0.4, -0.2) is 38.3 Å². The summed E-state index contributed by atoms with van der Waals surface area (Å²) in [5, 5.41) is 0. The fourth-order valence-electron chi connectivity index (χ4n) is 2.23. The Morgan fingerprint density at radius 2 is 1.79 bits per heavy atom. The lowest BCUT2D eigenvalue weighted by atomic mass is 10.00. The average Bonchev–Trinajstić information content (AvgIpc) is 2.35. The van der Waals surface area contributed by atoms with Crippen LogP contribution in [-0.2, 0) is 4.74 Å². The Morgan fingerprint density at radius 1 is 1.16 bits per heavy atom. The molecule has 1 atom stereocenters. The van der Waals surface area contributed by atoms with Gasteiger partial charge in [0.2, 0.25) is 0 Å². The van der Waals surface area contributed by atoms with Gasteiger partial charge in [-0.05, 0) is 46.3 Å². The Labute approximate surface area is 117 Å². The molecule has 2 N–H and O–H groups in total. The summed E-state index contributed by atoms with van der Waals surface area (Å²) in [4.78, 5) is 2.28. The van der Waals surface area contributed by atoms with Gasteiger partial charge >= 0.3 is 0 Å². The first-order chi connectivity index (χ1) is 9.02. The Hall–Kier alpha value is -0.900. The van der Waals surface area contributed by atoms with Crippen molar-refractivity contribution in [2.75, 3.05) is 33.4 Å². The molecule has 19 heavy (non-hydrogen) atoms. The van der Waals surface area contributed by atoms with E-state index in [9.17, 15) is 0 Å². The van der Waals surface area contributed by atoms with E-state index >= 15 is 0 Å². The highest BCUT2D eigenvalue weighted by molar-refractivity contribution is 5.30. The third kappa shape index (κ3) is 6.19. The van der Waals surface area contributed by atoms with Gasteiger partial charge in [0.1, 0.15) is 0 Å². The molecule has 1 aromatic rings. The van der Waals surface area contributed by atoms with Gasteiger partial charge in [0, 0.05) is 19.2 Å². The highest BCUT2D eigenvalue weighted by Gasteiger charge is 2.08. The van der Waals surface area contributed by atoms with Gasteiger partial charge in [-0.25, -0.2) is 0 Å². The van der Waals surface area contributed by atoms with Gasteiger partial charge in [0.25, 0.3) is 0 Å². The molecule has 3 nitrogen and oxygen atoms in total. The van der Waals surface area contributed by atoms with E-state index < -0.39 is 0 Å². The lowest BCUT2D eigenvalue weighted by Gasteiger charge is -2.20. The second kappa shape index (κ2) is 8.31. The molecule has 0 heterocycles. The summed E-state index contributed by atoms with van der Waals surface area (Å²) < 4.78 is 5.35. The summed E-state index contributed by atoms with van der Waals surface area (Å²) in [6, 6.07) is 6.69. The Kier molecular flexibility index (Phi) is 7.06. The number of hydrogen-bond acceptors (Lipinski definition) is 3. The number of rotatable bonds is 8. The van der Waals surface area contributed by atoms with E-state index in [4.69, 9.17) is 10.5 Å². The van der Waals surface area contributed by atoms with E-state index in [0.717, 1.165) is 32.7 Å². The molecular formula is C16H28N2O. The van der Waals surface area contributed by atoms with Gasteiger partial charge in [0.15, 0.2) is 0 Å². The molecule has 0 radical (unpaired) electrons. The lowest BCUT2D eigenvalue weighted by Crippen LogP contribution is -2.27. The number of ether oxygens (including phenoxy) is 1. The topological polar surface area (TPSA) is 38.5 Å². The molecule has 108 valence electrons. The van der Waals surface area contributed by atoms with Gasteiger partial charge in [-0.3, -0.25) is 0 Å². The SMILES string of the molecule is CCOCCN(C)CCC(N)c1cc(C)cc(C)c1. The number of benzene rings is 1. The zero-order chi connectivity index (χ0) is 14.3. The third-order valence-corrected chi connectivity index (χ3v) is 3.32. The molecule has 3 heteroatoms. The summed E-state index contributed by atoms with van der Waals surface area (Å²) >= 11 is 0. The van der Waals surface area contributed by atoms with Crippen molar-refractivity contribution in [1.82, 2.24) is 4.90 Å². The molecule has 0 spiro atoms. The summed E-state index contributed by atoms with van der Waals surface area (Å²) in [6.45, 7) is 9.82. The normalized spacial score (nSPS) is 12.9. The molecule has 1 rings (SSSR count). The smallest absolute Gasteiger partial charge is 0.0593 e. The van der Waals surface area contributed by atoms with Crippen molar-refractivity contribution in [1.29, 1.82) is 0 Å². The number of likely N-dealkylation sites (N-methyl/N-ethyl adjacent to an activating group) is 1. The largest absolute Gasteiger partial charge is 0.380 e. The van der Waals surface area contributed by atoms with Crippen LogP contribution in [0.1, 0.15) is 36.1 Å². The molecule has 1 aromatic carbocycles. The van der Waals surface area contributed by atoms with Crippen LogP contribution in [0.3, 0.4) is 0 Å². The first-order valence-corrected chi connectivity index (χ1v) is 7.13. The van der Waals surface area contributed by atoms with Crippen molar-refractivity contribution in [3.8, 4) is 0 Å². The lowest BCUT2D eigenvalue weighted by molar-refractivity contribution is 0.121. The van der Waals surface area contributed by atoms with E-state index in [1.807, 2.05) is 6.92 Å². The predicted molar refractivity (Wildman–Crippen MR) is 81.5 cm³/mol. The molecule has 0 amide bonds. The minimum atomic E-state index is 0.119. The quantitative estimate of drug-likeness (QED) is 0.734. The van der Waals surface area contributed by atoms with Crippen molar-refractivity contribution in [3.63, 3.8) is 0 Å². The van der Waals surface area contributed by atoms with Crippen molar-refractivity contribution < 1.29 is 4.74 Å². The minimum Gasteiger partial charge on any atom is -0.380 e. The fourth-order valence-corrected chi connectivity index (χ4v) is 2.23. The summed E-state index contributed by atoms with van der Waals surface area (Å²) in [7, 11) is 2.12. The van der Waals surface area contributed by atoms with Crippen LogP contribution >= 0.6 is 0 Å². The third-order valence-electron chi connectivity index (χ3n) is 3.32. The van der Waals surface area contributed by atoms with Gasteiger partial charge in [-0.2, -0.15) is 0 Å². The predicted octanol–water partition coefficient (Wildman–Crippen LogP) is 2.66. The first-order valence-electron chi connectivity index (χ1n) is 7.13. The van der Waals surface area contributed by atoms with E-state index in [2.05, 4.69) is 44.0 Å². The molecular weight excluding hydrogens is 236 g/mol. The van der Waals surface area contributed by atoms with Crippen molar-refractivity contribution in [3.05, 3.63) is 34.9 Å². The molecule has 0 aromatic heterocycles. The zero-order valence-corrected chi connectivity index (χ0v) is 12.8. The Bertz CT molecular complexity index is 359. The molecule has 0 aliphatic heterocycles. The van der Waals surface area contributed by atoms with Crippen molar-refractivity contribution in [2.45, 2.75) is 33.2 Å². The monoisotopic (exact) mass is 264 g/mol. The number of hydrogen-bond donors (Lipinski definition) is 1. The molecule has 0 saturated heterocycles. The Morgan fingerprint density at radius 3 is 2.37 bits per heavy atom. The van der Waals surface area contributed by atoms with Crippen LogP contribution < -0.4 is 5.73 Å². The highest BCUT2D eigenvalue weighted by atomic mass is 16.5. The van der Waals surface area contributed by atoms with Gasteiger partial charge in [-0.1, -0.05) is 29.3 Å². The second-order valence-corrected chi connectivity index (χ2v) is 5.32. The maximum Gasteiger partial charge on any atom is 0.0593 e. The molecule has 0 fully saturated rings. The van der Waals surface area contributed by atoms with Crippen LogP contribution in [0, 0.1) is 13.8 Å². The van der Waals surface area contributed by atoms with Crippen LogP contribution in [0.4, 0.5) is 0 Å². The molecule has 0 saturated carbocycles. The van der Waals surface area contributed by atoms with Gasteiger partial charge in [-0.15, -0.1) is 0 Å². The molecule has 0 aliphatic carbocycles. The number of nitrogens with zero attached hydrogens (tertiary/aromatic N) is 1. The molecule has 0 aliphatic rings. The fraction of sp³-hybridized carbons (Fsp3) is 0.625. The van der Waals surface area contributed by atoms with E-state index in [-0.39, 0.29) is 6.04 Å². The summed E-state index contributed by atoms with van der Waals surface area (Å²) in [5.41, 5.74) is 10.1. The van der Waals surface area contributed by atoms with E-state index in [1.54, 1.807) is 0 Å². The Balaban J connectivity index is 2.39. The first kappa shape index (κ1) is 16.2. The molecule has 1 unspecified atom stereocenters. The standard InChI is InChI=1S/C16H28N2O/c1-5-19-9-8-18(4)7-6-16(17)15-11-13(2)10-14(3)12-15/h10-12,16H,5-9,17H2,1-4H3. The second-order valence-electron chi connectivity index (χ2n) is 5.32. The minimum absolute atomic E-state index is 0.119. The highest BCUT2D eigenvalue weighted by Crippen LogP contribution is 2.17. The summed E-state index contributed by atoms with van der Waals surface area (Å²) in [6.07, 6.45) is 0.978. The van der Waals surface area contributed by atoms with Gasteiger partial charge < -0.3 is 15.4 Å². The van der Waals surface area contributed by atoms with Crippen LogP contribution in [0.15, 0.2) is 18.2 Å². The maximum atomic E-state index is 6.28. The van der Waals surface area contributed by atoms with E-state index in [1.165, 1.54) is 16.7 Å². The van der Waals surface area contributed by atoms with Crippen molar-refractivity contribution >= 4 is 0 Å². The van der Waals surface area contributed by atoms with Crippen LogP contribution in [0.2, 0.25) is 0 Å². The van der Waals surface area contributed by atoms with Gasteiger partial charge in [0.05, 0.1) is 6.61 Å². The number of aryl methyl sites for hydroxylation is 2. The van der Waals surface area contributed by atoms with Crippen LogP contribution in [0.5, 0.6) is 0 Å². The van der Waals surface area contributed by atoms with Crippen molar-refractivity contribution in [2.24, 2.45) is 5.73 Å². The van der Waals surface area contributed by atoms with Crippen LogP contribution in [0.25, 0.3) is 0 Å². The van der Waals surface area contributed by atoms with E-state index in [0.29, 0.717) is 0 Å². The summed E-state index contributed by atoms with van der Waals surface area (Å²) in [5.74, 6) is 0. The number of nitrogens with two attached hydrogens (primary N) is 1. The average molecular weight is 264 g/mol. The zero-order valence-electron chi connectivity index (χ0n) is 12.8.